The van der Waals surface area contributed by atoms with Crippen molar-refractivity contribution in [1.82, 2.24) is 0 Å². The largest absolute Gasteiger partial charge is 0.513 e. The summed E-state index contributed by atoms with van der Waals surface area (Å²) in [5, 5.41) is 0. The Labute approximate surface area is 189 Å². The SMILES string of the molecule is C=CC(OOC(C)(C)c1ccccc1)OC(=O)OC(C=C)OOC(C)(C)c1ccccc1. The molecule has 32 heavy (non-hydrogen) atoms. The molecule has 0 N–H and O–H groups in total. The summed E-state index contributed by atoms with van der Waals surface area (Å²) in [7, 11) is 0. The van der Waals surface area contributed by atoms with Gasteiger partial charge in [0.1, 0.15) is 11.2 Å². The number of carbonyl (C=O) groups excluding carboxylic acids is 1. The van der Waals surface area contributed by atoms with Gasteiger partial charge < -0.3 is 9.47 Å². The van der Waals surface area contributed by atoms with Gasteiger partial charge in [-0.1, -0.05) is 73.8 Å². The van der Waals surface area contributed by atoms with E-state index < -0.39 is 29.9 Å². The Morgan fingerprint density at radius 1 is 0.719 bits per heavy atom. The van der Waals surface area contributed by atoms with Crippen molar-refractivity contribution < 1.29 is 33.8 Å². The zero-order chi connectivity index (χ0) is 23.6. The lowest BCUT2D eigenvalue weighted by Gasteiger charge is -2.27. The summed E-state index contributed by atoms with van der Waals surface area (Å²) in [6.45, 7) is 14.4. The van der Waals surface area contributed by atoms with Gasteiger partial charge in [0, 0.05) is 0 Å². The van der Waals surface area contributed by atoms with Gasteiger partial charge >= 0.3 is 6.16 Å². The fraction of sp³-hybridized carbons (Fsp3) is 0.320. The van der Waals surface area contributed by atoms with Crippen molar-refractivity contribution in [3.05, 3.63) is 97.1 Å². The summed E-state index contributed by atoms with van der Waals surface area (Å²) in [5.41, 5.74) is 0.172. The first-order valence-corrected chi connectivity index (χ1v) is 10.1. The minimum atomic E-state index is -1.21. The van der Waals surface area contributed by atoms with Gasteiger partial charge in [0.15, 0.2) is 0 Å². The molecule has 0 spiro atoms. The smallest absolute Gasteiger partial charge is 0.398 e. The number of hydrogen-bond donors (Lipinski definition) is 0. The van der Waals surface area contributed by atoms with Crippen LogP contribution in [-0.2, 0) is 40.2 Å². The van der Waals surface area contributed by atoms with Crippen LogP contribution in [0.3, 0.4) is 0 Å². The van der Waals surface area contributed by atoms with Crippen LogP contribution in [-0.4, -0.2) is 18.7 Å². The highest BCUT2D eigenvalue weighted by molar-refractivity contribution is 5.60. The maximum absolute atomic E-state index is 12.2. The normalized spacial score (nSPS) is 13.6. The number of carbonyl (C=O) groups is 1. The van der Waals surface area contributed by atoms with E-state index in [0.29, 0.717) is 0 Å². The van der Waals surface area contributed by atoms with E-state index in [1.165, 1.54) is 12.2 Å². The van der Waals surface area contributed by atoms with Crippen LogP contribution in [0.1, 0.15) is 38.8 Å². The van der Waals surface area contributed by atoms with Crippen LogP contribution in [0.25, 0.3) is 0 Å². The van der Waals surface area contributed by atoms with Crippen LogP contribution >= 0.6 is 0 Å². The third-order valence-electron chi connectivity index (χ3n) is 4.45. The first-order valence-electron chi connectivity index (χ1n) is 10.1. The van der Waals surface area contributed by atoms with Crippen LogP contribution in [0, 0.1) is 0 Å². The highest BCUT2D eigenvalue weighted by Crippen LogP contribution is 2.26. The molecule has 0 amide bonds. The topological polar surface area (TPSA) is 72.5 Å². The fourth-order valence-electron chi connectivity index (χ4n) is 2.54. The molecule has 7 nitrogen and oxygen atoms in total. The molecule has 0 fully saturated rings. The summed E-state index contributed by atoms with van der Waals surface area (Å²) in [6, 6.07) is 18.9. The Morgan fingerprint density at radius 2 is 1.06 bits per heavy atom. The van der Waals surface area contributed by atoms with Gasteiger partial charge in [-0.3, -0.25) is 0 Å². The summed E-state index contributed by atoms with van der Waals surface area (Å²) < 4.78 is 10.1. The molecule has 0 bridgehead atoms. The molecule has 0 saturated heterocycles. The maximum atomic E-state index is 12.2. The van der Waals surface area contributed by atoms with Gasteiger partial charge in [0.05, 0.1) is 0 Å². The van der Waals surface area contributed by atoms with Crippen LogP contribution in [0.5, 0.6) is 0 Å². The predicted molar refractivity (Wildman–Crippen MR) is 119 cm³/mol. The Hall–Kier alpha value is -2.97. The van der Waals surface area contributed by atoms with Crippen molar-refractivity contribution in [1.29, 1.82) is 0 Å². The second-order valence-electron chi connectivity index (χ2n) is 7.81. The molecule has 0 aliphatic rings. The second-order valence-corrected chi connectivity index (χ2v) is 7.81. The Bertz CT molecular complexity index is 791. The van der Waals surface area contributed by atoms with Crippen LogP contribution in [0.2, 0.25) is 0 Å². The van der Waals surface area contributed by atoms with Gasteiger partial charge in [-0.25, -0.2) is 14.6 Å². The summed E-state index contributed by atoms with van der Waals surface area (Å²) in [6.07, 6.45) is -1.00. The number of ether oxygens (including phenoxy) is 2. The van der Waals surface area contributed by atoms with Gasteiger partial charge in [0.2, 0.25) is 0 Å². The monoisotopic (exact) mass is 442 g/mol. The van der Waals surface area contributed by atoms with Crippen LogP contribution in [0.4, 0.5) is 4.79 Å². The van der Waals surface area contributed by atoms with E-state index in [-0.39, 0.29) is 0 Å². The molecule has 2 atom stereocenters. The zero-order valence-electron chi connectivity index (χ0n) is 18.9. The number of hydrogen-bond acceptors (Lipinski definition) is 7. The highest BCUT2D eigenvalue weighted by Gasteiger charge is 2.28. The highest BCUT2D eigenvalue weighted by atomic mass is 17.2. The summed E-state index contributed by atoms with van der Waals surface area (Å²) in [4.78, 5) is 33.5. The molecule has 2 unspecified atom stereocenters. The molecule has 0 aliphatic heterocycles. The lowest BCUT2D eigenvalue weighted by atomic mass is 9.99. The van der Waals surface area contributed by atoms with Crippen molar-refractivity contribution >= 4 is 6.16 Å². The predicted octanol–water partition coefficient (Wildman–Crippen LogP) is 5.93. The lowest BCUT2D eigenvalue weighted by Crippen LogP contribution is -2.30. The van der Waals surface area contributed by atoms with Gasteiger partial charge in [-0.05, 0) is 51.0 Å². The average molecular weight is 443 g/mol. The summed E-state index contributed by atoms with van der Waals surface area (Å²) >= 11 is 0. The first-order chi connectivity index (χ1) is 15.2. The molecule has 2 rings (SSSR count). The number of rotatable bonds is 12. The van der Waals surface area contributed by atoms with E-state index in [1.807, 2.05) is 88.4 Å². The molecule has 0 heterocycles. The minimum absolute atomic E-state index is 0.792. The quantitative estimate of drug-likeness (QED) is 0.133. The molecule has 2 aromatic carbocycles. The van der Waals surface area contributed by atoms with E-state index in [4.69, 9.17) is 29.0 Å². The van der Waals surface area contributed by atoms with Crippen molar-refractivity contribution in [2.75, 3.05) is 0 Å². The average Bonchev–Trinajstić information content (AvgIpc) is 2.80. The van der Waals surface area contributed by atoms with E-state index in [2.05, 4.69) is 13.2 Å². The van der Waals surface area contributed by atoms with Gasteiger partial charge in [-0.15, -0.1) is 0 Å². The Kier molecular flexibility index (Phi) is 9.16. The lowest BCUT2D eigenvalue weighted by molar-refractivity contribution is -0.416. The standard InChI is InChI=1S/C25H30O7/c1-7-21(29-31-24(3,4)19-15-11-9-12-16-19)27-23(26)28-22(8-2)30-32-25(5,6)20-17-13-10-14-18-20/h7-18,21-22H,1-2H2,3-6H3. The van der Waals surface area contributed by atoms with Crippen molar-refractivity contribution in [3.8, 4) is 0 Å². The van der Waals surface area contributed by atoms with E-state index in [9.17, 15) is 4.79 Å². The minimum Gasteiger partial charge on any atom is -0.398 e. The molecule has 0 aliphatic carbocycles. The van der Waals surface area contributed by atoms with Crippen molar-refractivity contribution in [2.45, 2.75) is 51.5 Å². The van der Waals surface area contributed by atoms with Crippen molar-refractivity contribution in [3.63, 3.8) is 0 Å². The maximum Gasteiger partial charge on any atom is 0.513 e. The Morgan fingerprint density at radius 3 is 1.38 bits per heavy atom. The molecule has 172 valence electrons. The third kappa shape index (κ3) is 7.62. The summed E-state index contributed by atoms with van der Waals surface area (Å²) in [5.74, 6) is 0. The van der Waals surface area contributed by atoms with E-state index >= 15 is 0 Å². The third-order valence-corrected chi connectivity index (χ3v) is 4.45. The second kappa shape index (κ2) is 11.6. The Balaban J connectivity index is 1.85. The van der Waals surface area contributed by atoms with Gasteiger partial charge in [-0.2, -0.15) is 9.78 Å². The fourth-order valence-corrected chi connectivity index (χ4v) is 2.54. The van der Waals surface area contributed by atoms with Gasteiger partial charge in [0.25, 0.3) is 12.6 Å². The van der Waals surface area contributed by atoms with Crippen molar-refractivity contribution in [2.24, 2.45) is 0 Å². The molecule has 0 aromatic heterocycles. The zero-order valence-corrected chi connectivity index (χ0v) is 18.9. The van der Waals surface area contributed by atoms with Crippen LogP contribution in [0.15, 0.2) is 86.0 Å². The van der Waals surface area contributed by atoms with E-state index in [1.54, 1.807) is 0 Å². The molecule has 7 heteroatoms. The molecule has 2 aromatic rings. The van der Waals surface area contributed by atoms with Crippen LogP contribution < -0.4 is 0 Å². The molecular weight excluding hydrogens is 412 g/mol. The first kappa shape index (κ1) is 25.3. The molecule has 0 radical (unpaired) electrons. The number of benzene rings is 2. The molecule has 0 saturated carbocycles. The molecular formula is C25H30O7. The van der Waals surface area contributed by atoms with E-state index in [0.717, 1.165) is 11.1 Å².